The van der Waals surface area contributed by atoms with Gasteiger partial charge in [-0.15, -0.1) is 0 Å². The van der Waals surface area contributed by atoms with Crippen LogP contribution in [0.4, 0.5) is 0 Å². The third-order valence-electron chi connectivity index (χ3n) is 4.69. The number of benzene rings is 1. The Morgan fingerprint density at radius 1 is 0.909 bits per heavy atom. The molecule has 0 N–H and O–H groups in total. The first-order valence-corrected chi connectivity index (χ1v) is 7.18. The number of esters is 4. The number of hydrogen-bond acceptors (Lipinski definition) is 6. The molecule has 0 spiro atoms. The third-order valence-corrected chi connectivity index (χ3v) is 4.69. The topological polar surface area (TPSA) is 86.7 Å². The van der Waals surface area contributed by atoms with Crippen molar-refractivity contribution in [2.24, 2.45) is 5.92 Å². The zero-order chi connectivity index (χ0) is 15.4. The Bertz CT molecular complexity index is 720. The van der Waals surface area contributed by atoms with Gasteiger partial charge in [-0.3, -0.25) is 19.2 Å². The van der Waals surface area contributed by atoms with Crippen LogP contribution in [0, 0.1) is 5.92 Å². The molecule has 1 aliphatic carbocycles. The van der Waals surface area contributed by atoms with Crippen LogP contribution in [0.25, 0.3) is 0 Å². The van der Waals surface area contributed by atoms with E-state index in [9.17, 15) is 19.2 Å². The van der Waals surface area contributed by atoms with Crippen molar-refractivity contribution in [3.05, 3.63) is 34.9 Å². The summed E-state index contributed by atoms with van der Waals surface area (Å²) >= 11 is 0. The highest BCUT2D eigenvalue weighted by atomic mass is 16.6. The normalized spacial score (nSPS) is 29.9. The Balaban J connectivity index is 1.81. The number of carbonyl (C=O) groups is 4. The Hall–Kier alpha value is -2.50. The molecule has 2 heterocycles. The van der Waals surface area contributed by atoms with E-state index in [0.29, 0.717) is 12.8 Å². The maximum absolute atomic E-state index is 11.9. The van der Waals surface area contributed by atoms with Gasteiger partial charge in [-0.25, -0.2) is 0 Å². The summed E-state index contributed by atoms with van der Waals surface area (Å²) < 4.78 is 9.37. The second-order valence-corrected chi connectivity index (χ2v) is 5.83. The zero-order valence-electron chi connectivity index (χ0n) is 11.5. The monoisotopic (exact) mass is 300 g/mol. The largest absolute Gasteiger partial charge is 0.393 e. The van der Waals surface area contributed by atoms with Gasteiger partial charge in [-0.05, 0) is 29.5 Å². The van der Waals surface area contributed by atoms with Gasteiger partial charge in [-0.2, -0.15) is 0 Å². The summed E-state index contributed by atoms with van der Waals surface area (Å²) in [6.45, 7) is 0. The average Bonchev–Trinajstić information content (AvgIpc) is 2.97. The lowest BCUT2D eigenvalue weighted by Gasteiger charge is -2.26. The molecule has 0 amide bonds. The number of cyclic esters (lactones) is 4. The van der Waals surface area contributed by atoms with Crippen molar-refractivity contribution < 1.29 is 28.7 Å². The first-order valence-electron chi connectivity index (χ1n) is 7.18. The van der Waals surface area contributed by atoms with E-state index in [0.717, 1.165) is 16.7 Å². The summed E-state index contributed by atoms with van der Waals surface area (Å²) in [6, 6.07) is 5.31. The van der Waals surface area contributed by atoms with E-state index >= 15 is 0 Å². The predicted molar refractivity (Wildman–Crippen MR) is 70.6 cm³/mol. The smallest absolute Gasteiger partial charge is 0.321 e. The highest BCUT2D eigenvalue weighted by Gasteiger charge is 2.49. The second-order valence-electron chi connectivity index (χ2n) is 5.83. The minimum Gasteiger partial charge on any atom is -0.393 e. The van der Waals surface area contributed by atoms with Gasteiger partial charge < -0.3 is 9.47 Å². The highest BCUT2D eigenvalue weighted by Crippen LogP contribution is 2.44. The van der Waals surface area contributed by atoms with E-state index in [4.69, 9.17) is 4.74 Å². The lowest BCUT2D eigenvalue weighted by Crippen LogP contribution is -2.25. The Morgan fingerprint density at radius 3 is 2.41 bits per heavy atom. The first kappa shape index (κ1) is 13.2. The number of rotatable bonds is 1. The van der Waals surface area contributed by atoms with Gasteiger partial charge in [0.25, 0.3) is 0 Å². The van der Waals surface area contributed by atoms with Crippen LogP contribution in [0.3, 0.4) is 0 Å². The lowest BCUT2D eigenvalue weighted by molar-refractivity contribution is -0.154. The van der Waals surface area contributed by atoms with Crippen LogP contribution in [0.1, 0.15) is 41.4 Å². The Labute approximate surface area is 125 Å². The van der Waals surface area contributed by atoms with Crippen LogP contribution in [-0.2, 0) is 35.1 Å². The van der Waals surface area contributed by atoms with E-state index in [1.807, 2.05) is 0 Å². The summed E-state index contributed by atoms with van der Waals surface area (Å²) in [5, 5.41) is 0. The molecule has 2 saturated heterocycles. The Morgan fingerprint density at radius 2 is 1.68 bits per heavy atom. The molecule has 0 radical (unpaired) electrons. The highest BCUT2D eigenvalue weighted by molar-refractivity contribution is 6.01. The molecule has 6 nitrogen and oxygen atoms in total. The first-order chi connectivity index (χ1) is 10.6. The number of fused-ring (bicyclic) bond motifs is 3. The van der Waals surface area contributed by atoms with E-state index in [1.54, 1.807) is 18.2 Å². The van der Waals surface area contributed by atoms with Crippen LogP contribution in [0.15, 0.2) is 18.2 Å². The number of ether oxygens (including phenoxy) is 2. The van der Waals surface area contributed by atoms with Gasteiger partial charge in [-0.1, -0.05) is 18.2 Å². The minimum absolute atomic E-state index is 0.0206. The van der Waals surface area contributed by atoms with Gasteiger partial charge in [0.15, 0.2) is 0 Å². The fourth-order valence-corrected chi connectivity index (χ4v) is 3.71. The molecule has 3 unspecified atom stereocenters. The molecule has 3 aliphatic rings. The van der Waals surface area contributed by atoms with Crippen molar-refractivity contribution in [2.45, 2.75) is 31.1 Å². The van der Waals surface area contributed by atoms with Gasteiger partial charge in [0.2, 0.25) is 0 Å². The zero-order valence-corrected chi connectivity index (χ0v) is 11.5. The molecule has 112 valence electrons. The van der Waals surface area contributed by atoms with Crippen LogP contribution in [0.2, 0.25) is 0 Å². The van der Waals surface area contributed by atoms with E-state index < -0.39 is 41.6 Å². The molecular weight excluding hydrogens is 288 g/mol. The van der Waals surface area contributed by atoms with Crippen molar-refractivity contribution >= 4 is 23.9 Å². The maximum Gasteiger partial charge on any atom is 0.321 e. The molecule has 1 aromatic rings. The quantitative estimate of drug-likeness (QED) is 0.567. The van der Waals surface area contributed by atoms with Crippen LogP contribution in [-0.4, -0.2) is 23.9 Å². The predicted octanol–water partition coefficient (Wildman–Crippen LogP) is 0.973. The molecule has 1 aromatic carbocycles. The van der Waals surface area contributed by atoms with Gasteiger partial charge in [0.05, 0.1) is 24.2 Å². The maximum atomic E-state index is 11.9. The van der Waals surface area contributed by atoms with Crippen LogP contribution < -0.4 is 0 Å². The number of hydrogen-bond donors (Lipinski definition) is 0. The molecule has 0 aromatic heterocycles. The average molecular weight is 300 g/mol. The Kier molecular flexibility index (Phi) is 2.69. The molecule has 22 heavy (non-hydrogen) atoms. The fraction of sp³-hybridized carbons (Fsp3) is 0.375. The summed E-state index contributed by atoms with van der Waals surface area (Å²) in [5.74, 6) is -3.73. The molecule has 2 aliphatic heterocycles. The fourth-order valence-electron chi connectivity index (χ4n) is 3.71. The van der Waals surface area contributed by atoms with Crippen LogP contribution >= 0.6 is 0 Å². The molecule has 2 fully saturated rings. The molecule has 3 atom stereocenters. The van der Waals surface area contributed by atoms with E-state index in [1.165, 1.54) is 0 Å². The molecular formula is C16H12O6. The van der Waals surface area contributed by atoms with E-state index in [-0.39, 0.29) is 6.42 Å². The van der Waals surface area contributed by atoms with E-state index in [2.05, 4.69) is 4.74 Å². The summed E-state index contributed by atoms with van der Waals surface area (Å²) in [6.07, 6.45) is 1.11. The summed E-state index contributed by atoms with van der Waals surface area (Å²) in [5.41, 5.74) is 2.32. The van der Waals surface area contributed by atoms with Crippen molar-refractivity contribution in [1.82, 2.24) is 0 Å². The van der Waals surface area contributed by atoms with Crippen molar-refractivity contribution in [3.63, 3.8) is 0 Å². The van der Waals surface area contributed by atoms with Crippen LogP contribution in [0.5, 0.6) is 0 Å². The SMILES string of the molecule is O=C1CC(c2cccc3c2CCC2C(=O)OC(=O)C32)C(=O)O1. The van der Waals surface area contributed by atoms with Gasteiger partial charge >= 0.3 is 23.9 Å². The number of carbonyl (C=O) groups excluding carboxylic acids is 4. The summed E-state index contributed by atoms with van der Waals surface area (Å²) in [7, 11) is 0. The van der Waals surface area contributed by atoms with Gasteiger partial charge in [0, 0.05) is 0 Å². The van der Waals surface area contributed by atoms with Crippen molar-refractivity contribution in [2.75, 3.05) is 0 Å². The minimum atomic E-state index is -0.618. The van der Waals surface area contributed by atoms with Gasteiger partial charge in [0.1, 0.15) is 0 Å². The molecule has 4 rings (SSSR count). The second kappa shape index (κ2) is 4.50. The van der Waals surface area contributed by atoms with Crippen molar-refractivity contribution in [3.8, 4) is 0 Å². The third kappa shape index (κ3) is 1.73. The lowest BCUT2D eigenvalue weighted by atomic mass is 9.73. The van der Waals surface area contributed by atoms with Crippen molar-refractivity contribution in [1.29, 1.82) is 0 Å². The standard InChI is InChI=1S/C16H12O6/c17-12-6-11(15(19)21-12)7-2-1-3-9-8(7)4-5-10-13(9)16(20)22-14(10)18/h1-3,10-11,13H,4-6H2. The molecule has 6 heteroatoms. The molecule has 0 saturated carbocycles. The summed E-state index contributed by atoms with van der Waals surface area (Å²) in [4.78, 5) is 46.8. The molecule has 0 bridgehead atoms.